The Morgan fingerprint density at radius 1 is 0.968 bits per heavy atom. The van der Waals surface area contributed by atoms with Gasteiger partial charge in [-0.25, -0.2) is 9.52 Å². The molecule has 3 rings (SSSR count). The van der Waals surface area contributed by atoms with Crippen molar-refractivity contribution >= 4 is 21.9 Å². The number of hydrogen-bond acceptors (Lipinski definition) is 4. The van der Waals surface area contributed by atoms with E-state index in [1.54, 1.807) is 12.1 Å². The lowest BCUT2D eigenvalue weighted by Crippen LogP contribution is -2.46. The normalized spacial score (nSPS) is 15.7. The third-order valence-corrected chi connectivity index (χ3v) is 6.71. The van der Waals surface area contributed by atoms with Gasteiger partial charge in [-0.3, -0.25) is 0 Å². The minimum absolute atomic E-state index is 0.00301. The molecular weight excluding hydrogens is 412 g/mol. The van der Waals surface area contributed by atoms with E-state index in [-0.39, 0.29) is 18.6 Å². The van der Waals surface area contributed by atoms with Crippen molar-refractivity contribution in [2.24, 2.45) is 5.41 Å². The van der Waals surface area contributed by atoms with Crippen LogP contribution in [-0.2, 0) is 21.6 Å². The van der Waals surface area contributed by atoms with E-state index in [4.69, 9.17) is 4.74 Å². The van der Waals surface area contributed by atoms with Crippen molar-refractivity contribution < 1.29 is 17.9 Å². The molecular formula is C24H30N2O4S. The zero-order valence-electron chi connectivity index (χ0n) is 17.7. The summed E-state index contributed by atoms with van der Waals surface area (Å²) in [6.07, 6.45) is 4.79. The molecule has 1 aliphatic rings. The topological polar surface area (TPSA) is 84.5 Å². The molecule has 1 fully saturated rings. The van der Waals surface area contributed by atoms with Crippen molar-refractivity contribution in [3.05, 3.63) is 78.4 Å². The fourth-order valence-corrected chi connectivity index (χ4v) is 4.94. The smallest absolute Gasteiger partial charge is 0.422 e. The van der Waals surface area contributed by atoms with Gasteiger partial charge in [0.2, 0.25) is 0 Å². The second kappa shape index (κ2) is 10.6. The predicted octanol–water partition coefficient (Wildman–Crippen LogP) is 4.80. The van der Waals surface area contributed by atoms with E-state index >= 15 is 0 Å². The number of rotatable bonds is 9. The molecule has 0 aromatic heterocycles. The van der Waals surface area contributed by atoms with Gasteiger partial charge in [0.05, 0.1) is 0 Å². The number of carbonyl (C=O) groups excluding carboxylic acids is 1. The lowest BCUT2D eigenvalue weighted by atomic mass is 9.70. The fourth-order valence-electron chi connectivity index (χ4n) is 4.09. The number of hydrogen-bond donors (Lipinski definition) is 2. The summed E-state index contributed by atoms with van der Waals surface area (Å²) in [6.45, 7) is 4.50. The van der Waals surface area contributed by atoms with Crippen molar-refractivity contribution in [3.63, 3.8) is 0 Å². The van der Waals surface area contributed by atoms with Crippen LogP contribution in [0.5, 0.6) is 0 Å². The van der Waals surface area contributed by atoms with Crippen LogP contribution in [0.1, 0.15) is 49.7 Å². The van der Waals surface area contributed by atoms with Gasteiger partial charge in [-0.05, 0) is 41.4 Å². The molecule has 0 bridgehead atoms. The van der Waals surface area contributed by atoms with Gasteiger partial charge in [0.1, 0.15) is 6.61 Å². The maximum atomic E-state index is 12.4. The Bertz CT molecular complexity index is 969. The summed E-state index contributed by atoms with van der Waals surface area (Å²) < 4.78 is 34.4. The van der Waals surface area contributed by atoms with Crippen LogP contribution >= 0.6 is 0 Å². The Kier molecular flexibility index (Phi) is 7.87. The molecule has 2 N–H and O–H groups in total. The van der Waals surface area contributed by atoms with Gasteiger partial charge in [-0.2, -0.15) is 13.1 Å². The molecule has 2 aromatic carbocycles. The van der Waals surface area contributed by atoms with E-state index in [2.05, 4.69) is 11.3 Å². The molecule has 0 unspecified atom stereocenters. The summed E-state index contributed by atoms with van der Waals surface area (Å²) >= 11 is 0. The molecule has 2 aromatic rings. The van der Waals surface area contributed by atoms with Crippen LogP contribution < -0.4 is 9.44 Å². The van der Waals surface area contributed by atoms with Crippen molar-refractivity contribution in [3.8, 4) is 0 Å². The number of benzene rings is 2. The van der Waals surface area contributed by atoms with Crippen LogP contribution in [0.15, 0.2) is 67.2 Å². The minimum atomic E-state index is -4.03. The average molecular weight is 443 g/mol. The van der Waals surface area contributed by atoms with Gasteiger partial charge in [-0.1, -0.05) is 86.5 Å². The highest BCUT2D eigenvalue weighted by Gasteiger charge is 2.34. The molecule has 0 aliphatic heterocycles. The maximum absolute atomic E-state index is 12.4. The second-order valence-electron chi connectivity index (χ2n) is 8.20. The Labute approximate surface area is 184 Å². The summed E-state index contributed by atoms with van der Waals surface area (Å²) in [7, 11) is -4.03. The summed E-state index contributed by atoms with van der Waals surface area (Å²) in [5, 5.41) is 0. The Hall–Kier alpha value is -2.64. The zero-order valence-corrected chi connectivity index (χ0v) is 18.5. The number of amides is 1. The minimum Gasteiger partial charge on any atom is -0.444 e. The van der Waals surface area contributed by atoms with Gasteiger partial charge in [0.15, 0.2) is 0 Å². The van der Waals surface area contributed by atoms with Crippen LogP contribution in [0.3, 0.4) is 0 Å². The van der Waals surface area contributed by atoms with Crippen LogP contribution in [0.4, 0.5) is 4.79 Å². The van der Waals surface area contributed by atoms with E-state index in [1.165, 1.54) is 0 Å². The summed E-state index contributed by atoms with van der Waals surface area (Å²) in [6, 6.07) is 19.0. The first-order chi connectivity index (χ1) is 14.9. The molecule has 0 heterocycles. The first-order valence-corrected chi connectivity index (χ1v) is 12.1. The first kappa shape index (κ1) is 23.0. The average Bonchev–Trinajstić information content (AvgIpc) is 2.78. The highest BCUT2D eigenvalue weighted by molar-refractivity contribution is 7.88. The van der Waals surface area contributed by atoms with E-state index < -0.39 is 16.3 Å². The molecule has 0 spiro atoms. The maximum Gasteiger partial charge on any atom is 0.422 e. The molecule has 31 heavy (non-hydrogen) atoms. The van der Waals surface area contributed by atoms with Crippen molar-refractivity contribution in [1.29, 1.82) is 0 Å². The molecule has 1 aliphatic carbocycles. The van der Waals surface area contributed by atoms with Crippen LogP contribution in [0.25, 0.3) is 5.57 Å². The third kappa shape index (κ3) is 7.22. The zero-order chi connectivity index (χ0) is 22.2. The standard InChI is InChI=1S/C24H30N2O4S/c1-20(22-13-7-3-8-14-22)17-24(15-9-4-10-16-24)19-25-31(28,29)26-23(27)30-18-21-11-5-2-6-12-21/h2-3,5-8,11-14,25H,1,4,9-10,15-19H2,(H,26,27). The monoisotopic (exact) mass is 442 g/mol. The quantitative estimate of drug-likeness (QED) is 0.584. The highest BCUT2D eigenvalue weighted by atomic mass is 32.2. The Balaban J connectivity index is 1.57. The molecule has 6 nitrogen and oxygen atoms in total. The number of ether oxygens (including phenoxy) is 1. The van der Waals surface area contributed by atoms with Crippen molar-refractivity contribution in [2.75, 3.05) is 6.54 Å². The fraction of sp³-hybridized carbons (Fsp3) is 0.375. The Morgan fingerprint density at radius 3 is 2.23 bits per heavy atom. The molecule has 1 amide bonds. The van der Waals surface area contributed by atoms with Gasteiger partial charge in [0, 0.05) is 6.54 Å². The van der Waals surface area contributed by atoms with Crippen LogP contribution in [-0.4, -0.2) is 21.1 Å². The SMILES string of the molecule is C=C(CC1(CNS(=O)(=O)NC(=O)OCc2ccccc2)CCCCC1)c1ccccc1. The van der Waals surface area contributed by atoms with Gasteiger partial charge in [-0.15, -0.1) is 0 Å². The molecule has 0 atom stereocenters. The summed E-state index contributed by atoms with van der Waals surface area (Å²) in [4.78, 5) is 12.0. The second-order valence-corrected chi connectivity index (χ2v) is 9.70. The molecule has 7 heteroatoms. The van der Waals surface area contributed by atoms with Gasteiger partial charge >= 0.3 is 16.3 Å². The molecule has 0 radical (unpaired) electrons. The summed E-state index contributed by atoms with van der Waals surface area (Å²) in [5.74, 6) is 0. The predicted molar refractivity (Wildman–Crippen MR) is 122 cm³/mol. The van der Waals surface area contributed by atoms with Crippen LogP contribution in [0, 0.1) is 5.41 Å². The van der Waals surface area contributed by atoms with E-state index in [0.717, 1.165) is 48.8 Å². The molecule has 0 saturated heterocycles. The number of allylic oxidation sites excluding steroid dienone is 1. The summed E-state index contributed by atoms with van der Waals surface area (Å²) in [5.41, 5.74) is 2.63. The van der Waals surface area contributed by atoms with Crippen molar-refractivity contribution in [1.82, 2.24) is 9.44 Å². The largest absolute Gasteiger partial charge is 0.444 e. The molecule has 1 saturated carbocycles. The van der Waals surface area contributed by atoms with Gasteiger partial charge < -0.3 is 4.74 Å². The third-order valence-electron chi connectivity index (χ3n) is 5.75. The van der Waals surface area contributed by atoms with E-state index in [0.29, 0.717) is 6.42 Å². The Morgan fingerprint density at radius 2 is 1.58 bits per heavy atom. The van der Waals surface area contributed by atoms with Gasteiger partial charge in [0.25, 0.3) is 0 Å². The number of carbonyl (C=O) groups is 1. The highest BCUT2D eigenvalue weighted by Crippen LogP contribution is 2.42. The lowest BCUT2D eigenvalue weighted by Gasteiger charge is -2.38. The van der Waals surface area contributed by atoms with E-state index in [9.17, 15) is 13.2 Å². The van der Waals surface area contributed by atoms with Crippen molar-refractivity contribution in [2.45, 2.75) is 45.1 Å². The molecule has 166 valence electrons. The van der Waals surface area contributed by atoms with E-state index in [1.807, 2.05) is 53.3 Å². The number of nitrogens with one attached hydrogen (secondary N) is 2. The first-order valence-electron chi connectivity index (χ1n) is 10.6. The van der Waals surface area contributed by atoms with Crippen LogP contribution in [0.2, 0.25) is 0 Å². The lowest BCUT2D eigenvalue weighted by molar-refractivity contribution is 0.145.